The third-order valence-corrected chi connectivity index (χ3v) is 3.29. The number of hydrogen-bond acceptors (Lipinski definition) is 4. The van der Waals surface area contributed by atoms with E-state index in [0.717, 1.165) is 25.3 Å². The first-order valence-corrected chi connectivity index (χ1v) is 6.96. The van der Waals surface area contributed by atoms with E-state index in [9.17, 15) is 22.8 Å². The summed E-state index contributed by atoms with van der Waals surface area (Å²) in [5.41, 5.74) is -0.300. The molecule has 0 spiro atoms. The molecule has 0 amide bonds. The third kappa shape index (κ3) is 3.76. The van der Waals surface area contributed by atoms with Crippen LogP contribution in [0.15, 0.2) is 35.1 Å². The minimum absolute atomic E-state index is 0.194. The number of aryl methyl sites for hydroxylation is 1. The second-order valence-corrected chi connectivity index (χ2v) is 4.84. The first-order chi connectivity index (χ1) is 11.3. The van der Waals surface area contributed by atoms with E-state index in [0.29, 0.717) is 23.4 Å². The minimum Gasteiger partial charge on any atom is -0.437 e. The van der Waals surface area contributed by atoms with Crippen molar-refractivity contribution in [3.63, 3.8) is 0 Å². The number of halogens is 3. The van der Waals surface area contributed by atoms with Crippen LogP contribution in [0.4, 0.5) is 18.0 Å². The maximum atomic E-state index is 12.6. The Morgan fingerprint density at radius 2 is 1.83 bits per heavy atom. The van der Waals surface area contributed by atoms with Crippen LogP contribution >= 0.6 is 0 Å². The summed E-state index contributed by atoms with van der Waals surface area (Å²) in [7, 11) is 1.11. The molecule has 0 atom stereocenters. The van der Waals surface area contributed by atoms with Gasteiger partial charge in [0, 0.05) is 11.8 Å². The Morgan fingerprint density at radius 3 is 2.33 bits per heavy atom. The highest BCUT2D eigenvalue weighted by Gasteiger charge is 2.30. The monoisotopic (exact) mass is 341 g/mol. The Morgan fingerprint density at radius 1 is 1.21 bits per heavy atom. The van der Waals surface area contributed by atoms with Gasteiger partial charge in [-0.05, 0) is 24.1 Å². The van der Waals surface area contributed by atoms with Gasteiger partial charge in [-0.1, -0.05) is 19.1 Å². The molecule has 5 nitrogen and oxygen atoms in total. The van der Waals surface area contributed by atoms with Crippen molar-refractivity contribution in [2.75, 3.05) is 7.11 Å². The number of benzene rings is 1. The molecule has 8 heteroatoms. The molecule has 0 fully saturated rings. The zero-order valence-electron chi connectivity index (χ0n) is 12.9. The summed E-state index contributed by atoms with van der Waals surface area (Å²) in [6, 6.07) is 5.53. The van der Waals surface area contributed by atoms with E-state index >= 15 is 0 Å². The zero-order valence-corrected chi connectivity index (χ0v) is 12.9. The third-order valence-electron chi connectivity index (χ3n) is 3.29. The minimum atomic E-state index is -4.43. The number of alkyl halides is 3. The topological polar surface area (TPSA) is 68.4 Å². The van der Waals surface area contributed by atoms with Crippen LogP contribution in [0, 0.1) is 0 Å². The molecule has 2 rings (SSSR count). The number of hydrogen-bond donors (Lipinski definition) is 1. The highest BCUT2D eigenvalue weighted by Crippen LogP contribution is 2.30. The molecule has 1 N–H and O–H groups in total. The van der Waals surface area contributed by atoms with Crippen LogP contribution in [0.5, 0.6) is 5.75 Å². The van der Waals surface area contributed by atoms with Crippen LogP contribution < -0.4 is 10.2 Å². The first kappa shape index (κ1) is 17.6. The molecule has 0 unspecified atom stereocenters. The molecule has 0 saturated carbocycles. The lowest BCUT2D eigenvalue weighted by molar-refractivity contribution is -0.137. The van der Waals surface area contributed by atoms with Crippen molar-refractivity contribution in [2.24, 2.45) is 0 Å². The lowest BCUT2D eigenvalue weighted by atomic mass is 10.1. The van der Waals surface area contributed by atoms with Gasteiger partial charge in [-0.15, -0.1) is 0 Å². The van der Waals surface area contributed by atoms with Gasteiger partial charge in [-0.3, -0.25) is 4.79 Å². The average Bonchev–Trinajstić information content (AvgIpc) is 2.55. The predicted octanol–water partition coefficient (Wildman–Crippen LogP) is 3.77. The van der Waals surface area contributed by atoms with Crippen LogP contribution in [0.3, 0.4) is 0 Å². The predicted molar refractivity (Wildman–Crippen MR) is 79.9 cm³/mol. The summed E-state index contributed by atoms with van der Waals surface area (Å²) in [6.45, 7) is 1.73. The number of aromatic nitrogens is 1. The molecule has 0 radical (unpaired) electrons. The van der Waals surface area contributed by atoms with Crippen LogP contribution in [-0.2, 0) is 17.3 Å². The number of carbonyl (C=O) groups is 1. The number of H-pyrrole nitrogens is 1. The number of methoxy groups -OCH3 is 1. The molecule has 0 bridgehead atoms. The number of aromatic amines is 1. The van der Waals surface area contributed by atoms with Gasteiger partial charge in [0.2, 0.25) is 11.2 Å². The van der Waals surface area contributed by atoms with Crippen LogP contribution in [-0.4, -0.2) is 18.2 Å². The largest absolute Gasteiger partial charge is 0.513 e. The maximum absolute atomic E-state index is 12.6. The highest BCUT2D eigenvalue weighted by atomic mass is 19.4. The molecule has 1 aromatic heterocycles. The van der Waals surface area contributed by atoms with E-state index in [1.54, 1.807) is 6.92 Å². The molecule has 0 saturated heterocycles. The van der Waals surface area contributed by atoms with E-state index in [1.807, 2.05) is 0 Å². The van der Waals surface area contributed by atoms with E-state index in [4.69, 9.17) is 4.74 Å². The van der Waals surface area contributed by atoms with E-state index in [2.05, 4.69) is 9.72 Å². The second kappa shape index (κ2) is 6.77. The van der Waals surface area contributed by atoms with Gasteiger partial charge in [0.15, 0.2) is 0 Å². The Hall–Kier alpha value is -2.77. The fraction of sp³-hybridized carbons (Fsp3) is 0.250. The maximum Gasteiger partial charge on any atom is 0.513 e. The van der Waals surface area contributed by atoms with Crippen LogP contribution in [0.1, 0.15) is 18.2 Å². The van der Waals surface area contributed by atoms with E-state index in [-0.39, 0.29) is 5.75 Å². The normalized spacial score (nSPS) is 11.2. The van der Waals surface area contributed by atoms with Gasteiger partial charge in [-0.25, -0.2) is 4.79 Å². The van der Waals surface area contributed by atoms with E-state index in [1.165, 1.54) is 12.1 Å². The molecule has 0 aliphatic carbocycles. The molecule has 128 valence electrons. The number of rotatable bonds is 3. The molecule has 1 aromatic carbocycles. The number of nitrogens with one attached hydrogen (secondary N) is 1. The van der Waals surface area contributed by atoms with Gasteiger partial charge in [0.25, 0.3) is 0 Å². The smallest absolute Gasteiger partial charge is 0.437 e. The van der Waals surface area contributed by atoms with Crippen molar-refractivity contribution >= 4 is 6.16 Å². The summed E-state index contributed by atoms with van der Waals surface area (Å²) in [6.07, 6.45) is -5.12. The van der Waals surface area contributed by atoms with Crippen molar-refractivity contribution < 1.29 is 27.4 Å². The second-order valence-electron chi connectivity index (χ2n) is 4.84. The van der Waals surface area contributed by atoms with E-state index < -0.39 is 23.3 Å². The Bertz CT molecular complexity index is 794. The molecular weight excluding hydrogens is 327 g/mol. The summed E-state index contributed by atoms with van der Waals surface area (Å²) >= 11 is 0. The van der Waals surface area contributed by atoms with Gasteiger partial charge in [0.05, 0.1) is 18.4 Å². The fourth-order valence-electron chi connectivity index (χ4n) is 2.08. The summed E-state index contributed by atoms with van der Waals surface area (Å²) < 4.78 is 46.9. The Labute approximate surface area is 135 Å². The van der Waals surface area contributed by atoms with Gasteiger partial charge in [0.1, 0.15) is 0 Å². The van der Waals surface area contributed by atoms with Gasteiger partial charge >= 0.3 is 12.3 Å². The molecule has 1 heterocycles. The van der Waals surface area contributed by atoms with Crippen molar-refractivity contribution in [1.29, 1.82) is 0 Å². The highest BCUT2D eigenvalue weighted by molar-refractivity contribution is 5.65. The van der Waals surface area contributed by atoms with Crippen molar-refractivity contribution in [3.05, 3.63) is 51.8 Å². The SMILES string of the molecule is CCc1[nH]c(-c2ccc(C(F)(F)F)cc2)cc(=O)c1OC(=O)OC. The van der Waals surface area contributed by atoms with Crippen molar-refractivity contribution in [1.82, 2.24) is 4.98 Å². The average molecular weight is 341 g/mol. The first-order valence-electron chi connectivity index (χ1n) is 6.96. The number of carbonyl (C=O) groups excluding carboxylic acids is 1. The van der Waals surface area contributed by atoms with Crippen LogP contribution in [0.25, 0.3) is 11.3 Å². The Balaban J connectivity index is 2.43. The van der Waals surface area contributed by atoms with Gasteiger partial charge in [-0.2, -0.15) is 13.2 Å². The summed E-state index contributed by atoms with van der Waals surface area (Å²) in [5.74, 6) is -0.194. The fourth-order valence-corrected chi connectivity index (χ4v) is 2.08. The van der Waals surface area contributed by atoms with Gasteiger partial charge < -0.3 is 14.5 Å². The molecule has 2 aromatic rings. The van der Waals surface area contributed by atoms with Crippen LogP contribution in [0.2, 0.25) is 0 Å². The zero-order chi connectivity index (χ0) is 17.9. The van der Waals surface area contributed by atoms with Crippen molar-refractivity contribution in [3.8, 4) is 17.0 Å². The number of pyridine rings is 1. The lowest BCUT2D eigenvalue weighted by Gasteiger charge is -2.11. The molecule has 0 aliphatic heterocycles. The Kier molecular flexibility index (Phi) is 4.96. The molecule has 24 heavy (non-hydrogen) atoms. The lowest BCUT2D eigenvalue weighted by Crippen LogP contribution is -2.17. The quantitative estimate of drug-likeness (QED) is 0.863. The molecule has 0 aliphatic rings. The summed E-state index contributed by atoms with van der Waals surface area (Å²) in [4.78, 5) is 26.2. The van der Waals surface area contributed by atoms with Crippen molar-refractivity contribution in [2.45, 2.75) is 19.5 Å². The summed E-state index contributed by atoms with van der Waals surface area (Å²) in [5, 5.41) is 0. The standard InChI is InChI=1S/C16H14F3NO4/c1-3-11-14(24-15(22)23-2)13(21)8-12(20-11)9-4-6-10(7-5-9)16(17,18)19/h4-8H,3H2,1-2H3,(H,20,21). The number of ether oxygens (including phenoxy) is 2. The molecular formula is C16H14F3NO4.